The highest BCUT2D eigenvalue weighted by Gasteiger charge is 2.15. The van der Waals surface area contributed by atoms with Crippen molar-refractivity contribution in [2.45, 2.75) is 26.2 Å². The van der Waals surface area contributed by atoms with E-state index >= 15 is 0 Å². The van der Waals surface area contributed by atoms with Crippen molar-refractivity contribution in [3.63, 3.8) is 0 Å². The highest BCUT2D eigenvalue weighted by atomic mass is 17.2. The summed E-state index contributed by atoms with van der Waals surface area (Å²) in [5, 5.41) is 0. The summed E-state index contributed by atoms with van der Waals surface area (Å²) in [5.41, 5.74) is 0. The van der Waals surface area contributed by atoms with Crippen LogP contribution in [-0.2, 0) is 14.5 Å². The van der Waals surface area contributed by atoms with Gasteiger partial charge in [-0.25, -0.2) is 9.78 Å². The molecule has 0 aromatic carbocycles. The average Bonchev–Trinajstić information content (AvgIpc) is 1.64. The Labute approximate surface area is 48.5 Å². The van der Waals surface area contributed by atoms with E-state index in [0.29, 0.717) is 6.61 Å². The van der Waals surface area contributed by atoms with Gasteiger partial charge < -0.3 is 4.74 Å². The Hall–Kier alpha value is -0.120. The summed E-state index contributed by atoms with van der Waals surface area (Å²) in [5.74, 6) is 0. The number of hydrogen-bond acceptors (Lipinski definition) is 3. The van der Waals surface area contributed by atoms with E-state index in [0.717, 1.165) is 0 Å². The normalized spacial score (nSPS) is 39.8. The Balaban J connectivity index is 2.23. The molecule has 48 valence electrons. The molecule has 1 saturated heterocycles. The van der Waals surface area contributed by atoms with E-state index in [9.17, 15) is 0 Å². The van der Waals surface area contributed by atoms with Crippen LogP contribution in [0, 0.1) is 0 Å². The summed E-state index contributed by atoms with van der Waals surface area (Å²) in [4.78, 5) is 9.29. The smallest absolute Gasteiger partial charge is 0.188 e. The predicted molar refractivity (Wildman–Crippen MR) is 27.0 cm³/mol. The van der Waals surface area contributed by atoms with Crippen LogP contribution in [0.2, 0.25) is 0 Å². The van der Waals surface area contributed by atoms with E-state index in [1.807, 2.05) is 6.92 Å². The Morgan fingerprint density at radius 2 is 2.12 bits per heavy atom. The van der Waals surface area contributed by atoms with E-state index in [4.69, 9.17) is 4.74 Å². The first-order valence-corrected chi connectivity index (χ1v) is 2.73. The molecule has 1 aliphatic rings. The summed E-state index contributed by atoms with van der Waals surface area (Å²) in [6.45, 7) is 4.28. The minimum atomic E-state index is -0.209. The molecule has 0 aromatic rings. The summed E-state index contributed by atoms with van der Waals surface area (Å²) in [6.07, 6.45) is -0.0440. The van der Waals surface area contributed by atoms with Crippen LogP contribution in [0.3, 0.4) is 0 Å². The van der Waals surface area contributed by atoms with Crippen molar-refractivity contribution in [2.24, 2.45) is 0 Å². The first-order valence-electron chi connectivity index (χ1n) is 2.73. The third-order valence-electron chi connectivity index (χ3n) is 0.930. The van der Waals surface area contributed by atoms with Crippen LogP contribution in [0.25, 0.3) is 0 Å². The topological polar surface area (TPSA) is 27.7 Å². The SMILES string of the molecule is CC1COOC(C)O1. The molecule has 3 heteroatoms. The van der Waals surface area contributed by atoms with Crippen molar-refractivity contribution in [1.82, 2.24) is 0 Å². The van der Waals surface area contributed by atoms with Crippen molar-refractivity contribution >= 4 is 0 Å². The molecule has 3 nitrogen and oxygen atoms in total. The molecule has 0 bridgehead atoms. The molecule has 0 aliphatic carbocycles. The van der Waals surface area contributed by atoms with Crippen molar-refractivity contribution in [3.05, 3.63) is 0 Å². The second-order valence-corrected chi connectivity index (χ2v) is 1.90. The first-order chi connectivity index (χ1) is 3.79. The van der Waals surface area contributed by atoms with Gasteiger partial charge in [-0.2, -0.15) is 0 Å². The van der Waals surface area contributed by atoms with Crippen LogP contribution in [0.4, 0.5) is 0 Å². The molecule has 0 radical (unpaired) electrons. The van der Waals surface area contributed by atoms with Gasteiger partial charge in [0.05, 0.1) is 6.10 Å². The van der Waals surface area contributed by atoms with Gasteiger partial charge in [0.25, 0.3) is 0 Å². The van der Waals surface area contributed by atoms with Crippen LogP contribution in [0.1, 0.15) is 13.8 Å². The summed E-state index contributed by atoms with van der Waals surface area (Å²) in [6, 6.07) is 0. The van der Waals surface area contributed by atoms with Crippen LogP contribution >= 0.6 is 0 Å². The fourth-order valence-corrected chi connectivity index (χ4v) is 0.620. The highest BCUT2D eigenvalue weighted by Crippen LogP contribution is 2.06. The van der Waals surface area contributed by atoms with Crippen LogP contribution in [0.5, 0.6) is 0 Å². The molecule has 1 heterocycles. The Kier molecular flexibility index (Phi) is 1.83. The molecule has 1 aliphatic heterocycles. The fraction of sp³-hybridized carbons (Fsp3) is 1.00. The molecule has 2 unspecified atom stereocenters. The van der Waals surface area contributed by atoms with Gasteiger partial charge >= 0.3 is 0 Å². The molecule has 2 atom stereocenters. The number of ether oxygens (including phenoxy) is 1. The van der Waals surface area contributed by atoms with Gasteiger partial charge in [-0.1, -0.05) is 0 Å². The Morgan fingerprint density at radius 1 is 1.38 bits per heavy atom. The van der Waals surface area contributed by atoms with Gasteiger partial charge in [-0.15, -0.1) is 0 Å². The third-order valence-corrected chi connectivity index (χ3v) is 0.930. The molecular weight excluding hydrogens is 108 g/mol. The van der Waals surface area contributed by atoms with Gasteiger partial charge in [-0.3, -0.25) is 0 Å². The van der Waals surface area contributed by atoms with Crippen molar-refractivity contribution < 1.29 is 14.5 Å². The van der Waals surface area contributed by atoms with E-state index in [1.54, 1.807) is 6.92 Å². The maximum absolute atomic E-state index is 5.14. The summed E-state index contributed by atoms with van der Waals surface area (Å²) < 4.78 is 5.14. The fourth-order valence-electron chi connectivity index (χ4n) is 0.620. The van der Waals surface area contributed by atoms with Gasteiger partial charge in [0, 0.05) is 0 Å². The number of rotatable bonds is 0. The molecule has 1 rings (SSSR count). The number of hydrogen-bond donors (Lipinski definition) is 0. The molecule has 8 heavy (non-hydrogen) atoms. The molecular formula is C5H10O3. The van der Waals surface area contributed by atoms with E-state index in [1.165, 1.54) is 0 Å². The lowest BCUT2D eigenvalue weighted by atomic mass is 10.4. The third kappa shape index (κ3) is 1.43. The Morgan fingerprint density at radius 3 is 2.50 bits per heavy atom. The van der Waals surface area contributed by atoms with Crippen molar-refractivity contribution in [1.29, 1.82) is 0 Å². The van der Waals surface area contributed by atoms with Crippen LogP contribution in [-0.4, -0.2) is 19.0 Å². The minimum absolute atomic E-state index is 0.166. The molecule has 0 aromatic heterocycles. The van der Waals surface area contributed by atoms with Gasteiger partial charge in [0.15, 0.2) is 6.29 Å². The van der Waals surface area contributed by atoms with Gasteiger partial charge in [0.1, 0.15) is 6.61 Å². The standard InChI is InChI=1S/C5H10O3/c1-4-3-6-8-5(2)7-4/h4-5H,3H2,1-2H3. The second kappa shape index (κ2) is 2.44. The van der Waals surface area contributed by atoms with Gasteiger partial charge in [-0.05, 0) is 13.8 Å². The zero-order valence-corrected chi connectivity index (χ0v) is 5.09. The maximum Gasteiger partial charge on any atom is 0.188 e. The largest absolute Gasteiger partial charge is 0.344 e. The van der Waals surface area contributed by atoms with Gasteiger partial charge in [0.2, 0.25) is 0 Å². The summed E-state index contributed by atoms with van der Waals surface area (Å²) >= 11 is 0. The maximum atomic E-state index is 5.14. The average molecular weight is 118 g/mol. The second-order valence-electron chi connectivity index (χ2n) is 1.90. The predicted octanol–water partition coefficient (Wildman–Crippen LogP) is 0.699. The molecule has 1 fully saturated rings. The van der Waals surface area contributed by atoms with E-state index in [2.05, 4.69) is 9.78 Å². The summed E-state index contributed by atoms with van der Waals surface area (Å²) in [7, 11) is 0. The molecule has 0 N–H and O–H groups in total. The molecule has 0 amide bonds. The van der Waals surface area contributed by atoms with Crippen molar-refractivity contribution in [2.75, 3.05) is 6.61 Å². The monoisotopic (exact) mass is 118 g/mol. The molecule has 0 saturated carbocycles. The lowest BCUT2D eigenvalue weighted by Gasteiger charge is -2.23. The zero-order chi connectivity index (χ0) is 5.98. The zero-order valence-electron chi connectivity index (χ0n) is 5.09. The van der Waals surface area contributed by atoms with Crippen LogP contribution < -0.4 is 0 Å². The highest BCUT2D eigenvalue weighted by molar-refractivity contribution is 4.47. The lowest BCUT2D eigenvalue weighted by molar-refractivity contribution is -0.425. The van der Waals surface area contributed by atoms with E-state index in [-0.39, 0.29) is 12.4 Å². The first kappa shape index (κ1) is 6.01. The quantitative estimate of drug-likeness (QED) is 0.438. The lowest BCUT2D eigenvalue weighted by Crippen LogP contribution is -2.30. The van der Waals surface area contributed by atoms with E-state index < -0.39 is 0 Å². The molecule has 0 spiro atoms. The van der Waals surface area contributed by atoms with Crippen LogP contribution in [0.15, 0.2) is 0 Å². The minimum Gasteiger partial charge on any atom is -0.344 e. The van der Waals surface area contributed by atoms with Crippen molar-refractivity contribution in [3.8, 4) is 0 Å². The Bertz CT molecular complexity index is 66.1.